The van der Waals surface area contributed by atoms with Gasteiger partial charge >= 0.3 is 11.8 Å². The Hall–Kier alpha value is -1.28. The molecule has 3 aliphatic heterocycles. The maximum atomic E-state index is 12.9. The third-order valence-corrected chi connectivity index (χ3v) is 6.30. The van der Waals surface area contributed by atoms with Gasteiger partial charge in [-0.2, -0.15) is 11.8 Å². The molecule has 0 aliphatic carbocycles. The Bertz CT molecular complexity index is 518. The van der Waals surface area contributed by atoms with E-state index in [4.69, 9.17) is 0 Å². The Balaban J connectivity index is 1.73. The normalized spacial score (nSPS) is 28.0. The van der Waals surface area contributed by atoms with Gasteiger partial charge in [0.25, 0.3) is 0 Å². The van der Waals surface area contributed by atoms with Gasteiger partial charge in [0.15, 0.2) is 0 Å². The standard InChI is InChI=1S/C17H27N3O4S/c21-14-12-25-11-13(15(22)18-7-3-1-4-8-18)20(14)17(24)16(23)19-9-5-2-6-10-19/h13-14,21H,1-12H2. The van der Waals surface area contributed by atoms with Crippen molar-refractivity contribution in [2.75, 3.05) is 37.7 Å². The first kappa shape index (κ1) is 18.5. The van der Waals surface area contributed by atoms with Crippen LogP contribution in [0, 0.1) is 0 Å². The zero-order valence-electron chi connectivity index (χ0n) is 14.6. The quantitative estimate of drug-likeness (QED) is 0.671. The second-order valence-corrected chi connectivity index (χ2v) is 8.06. The number of likely N-dealkylation sites (tertiary alicyclic amines) is 2. The molecule has 3 saturated heterocycles. The van der Waals surface area contributed by atoms with Crippen LogP contribution in [0.25, 0.3) is 0 Å². The fraction of sp³-hybridized carbons (Fsp3) is 0.824. The van der Waals surface area contributed by atoms with Gasteiger partial charge in [-0.3, -0.25) is 19.3 Å². The van der Waals surface area contributed by atoms with E-state index in [-0.39, 0.29) is 5.91 Å². The fourth-order valence-electron chi connectivity index (χ4n) is 3.79. The van der Waals surface area contributed by atoms with E-state index in [1.54, 1.807) is 9.80 Å². The van der Waals surface area contributed by atoms with E-state index in [2.05, 4.69) is 0 Å². The summed E-state index contributed by atoms with van der Waals surface area (Å²) in [5.74, 6) is -0.674. The number of rotatable bonds is 1. The van der Waals surface area contributed by atoms with Crippen LogP contribution in [0.1, 0.15) is 38.5 Å². The molecule has 1 N–H and O–H groups in total. The number of aliphatic hydroxyl groups is 1. The van der Waals surface area contributed by atoms with Crippen molar-refractivity contribution < 1.29 is 19.5 Å². The number of hydrogen-bond donors (Lipinski definition) is 1. The van der Waals surface area contributed by atoms with Crippen molar-refractivity contribution in [2.24, 2.45) is 0 Å². The average molecular weight is 369 g/mol. The van der Waals surface area contributed by atoms with Crippen LogP contribution in [0.2, 0.25) is 0 Å². The zero-order valence-corrected chi connectivity index (χ0v) is 15.4. The Morgan fingerprint density at radius 1 is 0.760 bits per heavy atom. The lowest BCUT2D eigenvalue weighted by atomic mass is 10.1. The zero-order chi connectivity index (χ0) is 17.8. The predicted octanol–water partition coefficient (Wildman–Crippen LogP) is 0.274. The highest BCUT2D eigenvalue weighted by atomic mass is 32.2. The van der Waals surface area contributed by atoms with E-state index in [1.807, 2.05) is 0 Å². The van der Waals surface area contributed by atoms with Crippen molar-refractivity contribution in [1.29, 1.82) is 0 Å². The number of carbonyl (C=O) groups is 3. The van der Waals surface area contributed by atoms with E-state index in [0.717, 1.165) is 43.4 Å². The van der Waals surface area contributed by atoms with Crippen LogP contribution in [0.3, 0.4) is 0 Å². The number of nitrogens with zero attached hydrogens (tertiary/aromatic N) is 3. The molecule has 0 aromatic heterocycles. The fourth-order valence-corrected chi connectivity index (χ4v) is 4.82. The van der Waals surface area contributed by atoms with Gasteiger partial charge in [-0.15, -0.1) is 0 Å². The second-order valence-electron chi connectivity index (χ2n) is 6.99. The number of aliphatic hydroxyl groups excluding tert-OH is 1. The number of amides is 3. The highest BCUT2D eigenvalue weighted by molar-refractivity contribution is 7.99. The first-order valence-electron chi connectivity index (χ1n) is 9.26. The highest BCUT2D eigenvalue weighted by Crippen LogP contribution is 2.24. The lowest BCUT2D eigenvalue weighted by Crippen LogP contribution is -2.62. The maximum absolute atomic E-state index is 12.9. The Morgan fingerprint density at radius 3 is 1.92 bits per heavy atom. The van der Waals surface area contributed by atoms with Gasteiger partial charge in [0.2, 0.25) is 5.91 Å². The molecular formula is C17H27N3O4S. The lowest BCUT2D eigenvalue weighted by molar-refractivity contribution is -0.164. The number of piperidine rings is 2. The second kappa shape index (κ2) is 8.40. The number of hydrogen-bond acceptors (Lipinski definition) is 5. The predicted molar refractivity (Wildman–Crippen MR) is 94.8 cm³/mol. The molecule has 3 aliphatic rings. The molecule has 7 nitrogen and oxygen atoms in total. The van der Waals surface area contributed by atoms with Gasteiger partial charge in [-0.25, -0.2) is 0 Å². The van der Waals surface area contributed by atoms with Gasteiger partial charge in [-0.05, 0) is 38.5 Å². The van der Waals surface area contributed by atoms with Gasteiger partial charge < -0.3 is 14.9 Å². The highest BCUT2D eigenvalue weighted by Gasteiger charge is 2.43. The van der Waals surface area contributed by atoms with Crippen LogP contribution in [0.15, 0.2) is 0 Å². The molecule has 3 fully saturated rings. The van der Waals surface area contributed by atoms with Crippen molar-refractivity contribution in [2.45, 2.75) is 50.8 Å². The summed E-state index contributed by atoms with van der Waals surface area (Å²) in [4.78, 5) is 42.8. The number of thioether (sulfide) groups is 1. The van der Waals surface area contributed by atoms with E-state index < -0.39 is 24.1 Å². The van der Waals surface area contributed by atoms with Crippen LogP contribution in [0.4, 0.5) is 0 Å². The minimum Gasteiger partial charge on any atom is -0.373 e. The molecular weight excluding hydrogens is 342 g/mol. The summed E-state index contributed by atoms with van der Waals surface area (Å²) in [6.45, 7) is 2.54. The molecule has 2 unspecified atom stereocenters. The summed E-state index contributed by atoms with van der Waals surface area (Å²) in [5.41, 5.74) is 0. The molecule has 0 bridgehead atoms. The molecule has 2 atom stereocenters. The Labute approximate surface area is 152 Å². The van der Waals surface area contributed by atoms with Crippen molar-refractivity contribution in [1.82, 2.24) is 14.7 Å². The SMILES string of the molecule is O=C(C(=O)N1C(O)CSCC1C(=O)N1CCCCC1)N1CCCCC1. The number of carbonyl (C=O) groups excluding carboxylic acids is 3. The molecule has 140 valence electrons. The first-order chi connectivity index (χ1) is 12.1. The topological polar surface area (TPSA) is 81.2 Å². The van der Waals surface area contributed by atoms with Crippen molar-refractivity contribution in [3.05, 3.63) is 0 Å². The van der Waals surface area contributed by atoms with Crippen molar-refractivity contribution in [3.8, 4) is 0 Å². The summed E-state index contributed by atoms with van der Waals surface area (Å²) in [6.07, 6.45) is 4.82. The Kier molecular flexibility index (Phi) is 6.22. The summed E-state index contributed by atoms with van der Waals surface area (Å²) in [6, 6.07) is -0.743. The van der Waals surface area contributed by atoms with Crippen LogP contribution in [0.5, 0.6) is 0 Å². The molecule has 8 heteroatoms. The van der Waals surface area contributed by atoms with Gasteiger partial charge in [-0.1, -0.05) is 0 Å². The average Bonchev–Trinajstić information content (AvgIpc) is 2.67. The minimum atomic E-state index is -1.08. The summed E-state index contributed by atoms with van der Waals surface area (Å²) >= 11 is 1.46. The molecule has 0 aromatic carbocycles. The van der Waals surface area contributed by atoms with Gasteiger partial charge in [0.05, 0.1) is 0 Å². The third-order valence-electron chi connectivity index (χ3n) is 5.21. The monoisotopic (exact) mass is 369 g/mol. The summed E-state index contributed by atoms with van der Waals surface area (Å²) in [5, 5.41) is 10.3. The van der Waals surface area contributed by atoms with E-state index in [9.17, 15) is 19.5 Å². The van der Waals surface area contributed by atoms with Crippen LogP contribution >= 0.6 is 11.8 Å². The van der Waals surface area contributed by atoms with Crippen LogP contribution in [-0.4, -0.2) is 87.5 Å². The molecule has 3 amide bonds. The van der Waals surface area contributed by atoms with Crippen LogP contribution in [-0.2, 0) is 14.4 Å². The van der Waals surface area contributed by atoms with Crippen LogP contribution < -0.4 is 0 Å². The van der Waals surface area contributed by atoms with Gasteiger partial charge in [0.1, 0.15) is 12.3 Å². The molecule has 0 radical (unpaired) electrons. The molecule has 3 heterocycles. The third kappa shape index (κ3) is 4.11. The molecule has 0 saturated carbocycles. The smallest absolute Gasteiger partial charge is 0.314 e. The van der Waals surface area contributed by atoms with E-state index >= 15 is 0 Å². The molecule has 3 rings (SSSR count). The molecule has 25 heavy (non-hydrogen) atoms. The van der Waals surface area contributed by atoms with Crippen molar-refractivity contribution >= 4 is 29.5 Å². The Morgan fingerprint density at radius 2 is 1.32 bits per heavy atom. The summed E-state index contributed by atoms with van der Waals surface area (Å²) in [7, 11) is 0. The van der Waals surface area contributed by atoms with Gasteiger partial charge in [0, 0.05) is 37.7 Å². The first-order valence-corrected chi connectivity index (χ1v) is 10.4. The molecule has 0 spiro atoms. The van der Waals surface area contributed by atoms with Crippen molar-refractivity contribution in [3.63, 3.8) is 0 Å². The van der Waals surface area contributed by atoms with E-state index in [1.165, 1.54) is 11.8 Å². The largest absolute Gasteiger partial charge is 0.373 e. The maximum Gasteiger partial charge on any atom is 0.314 e. The van der Waals surface area contributed by atoms with E-state index in [0.29, 0.717) is 37.7 Å². The summed E-state index contributed by atoms with van der Waals surface area (Å²) < 4.78 is 0. The molecule has 0 aromatic rings. The lowest BCUT2D eigenvalue weighted by Gasteiger charge is -2.41. The minimum absolute atomic E-state index is 0.134.